The number of hydrogen-bond acceptors (Lipinski definition) is 2. The Kier molecular flexibility index (Phi) is 4.52. The Bertz CT molecular complexity index is 309. The summed E-state index contributed by atoms with van der Waals surface area (Å²) in [6.07, 6.45) is 4.10. The molecule has 4 nitrogen and oxygen atoms in total. The highest BCUT2D eigenvalue weighted by Gasteiger charge is 2.24. The van der Waals surface area contributed by atoms with Crippen LogP contribution >= 0.6 is 0 Å². The zero-order chi connectivity index (χ0) is 12.1. The van der Waals surface area contributed by atoms with Crippen LogP contribution in [-0.4, -0.2) is 35.0 Å². The van der Waals surface area contributed by atoms with Crippen LogP contribution in [0.2, 0.25) is 0 Å². The Morgan fingerprint density at radius 2 is 2.31 bits per heavy atom. The van der Waals surface area contributed by atoms with E-state index in [1.165, 1.54) is 0 Å². The zero-order valence-electron chi connectivity index (χ0n) is 9.90. The topological polar surface area (TPSA) is 57.6 Å². The summed E-state index contributed by atoms with van der Waals surface area (Å²) in [4.78, 5) is 24.3. The molecule has 1 unspecified atom stereocenters. The average Bonchev–Trinajstić information content (AvgIpc) is 2.24. The molecule has 0 saturated carbocycles. The number of carbonyl (C=O) groups excluding carboxylic acids is 1. The lowest BCUT2D eigenvalue weighted by Gasteiger charge is -2.29. The van der Waals surface area contributed by atoms with Crippen LogP contribution in [0.5, 0.6) is 0 Å². The molecule has 0 aliphatic carbocycles. The molecule has 0 spiro atoms. The molecule has 1 fully saturated rings. The molecule has 0 aromatic heterocycles. The smallest absolute Gasteiger partial charge is 0.331 e. The minimum Gasteiger partial charge on any atom is -0.478 e. The third kappa shape index (κ3) is 3.08. The number of nitrogens with zero attached hydrogens (tertiary/aromatic N) is 1. The molecule has 16 heavy (non-hydrogen) atoms. The fourth-order valence-electron chi connectivity index (χ4n) is 1.92. The van der Waals surface area contributed by atoms with Crippen molar-refractivity contribution in [1.29, 1.82) is 0 Å². The number of rotatable bonds is 4. The molecule has 0 aromatic rings. The molecular formula is C12H19NO3. The van der Waals surface area contributed by atoms with Crippen LogP contribution in [0.25, 0.3) is 0 Å². The Morgan fingerprint density at radius 3 is 2.88 bits per heavy atom. The second kappa shape index (κ2) is 5.68. The predicted octanol–water partition coefficient (Wildman–Crippen LogP) is 1.67. The summed E-state index contributed by atoms with van der Waals surface area (Å²) in [7, 11) is 0. The standard InChI is InChI=1S/C12H19NO3/c1-3-10(12(15)16)6-8-13-7-4-5-9(2)11(13)14/h6,9H,3-5,7-8H2,1-2H3,(H,15,16). The van der Waals surface area contributed by atoms with Gasteiger partial charge in [-0.2, -0.15) is 0 Å². The van der Waals surface area contributed by atoms with E-state index in [1.807, 2.05) is 6.92 Å². The second-order valence-corrected chi connectivity index (χ2v) is 4.22. The Morgan fingerprint density at radius 1 is 1.62 bits per heavy atom. The van der Waals surface area contributed by atoms with Crippen molar-refractivity contribution >= 4 is 11.9 Å². The molecule has 1 atom stereocenters. The Balaban J connectivity index is 2.59. The van der Waals surface area contributed by atoms with Gasteiger partial charge in [-0.25, -0.2) is 4.79 Å². The van der Waals surface area contributed by atoms with E-state index < -0.39 is 5.97 Å². The van der Waals surface area contributed by atoms with Gasteiger partial charge in [0.2, 0.25) is 5.91 Å². The van der Waals surface area contributed by atoms with Crippen molar-refractivity contribution in [3.05, 3.63) is 11.6 Å². The molecule has 1 rings (SSSR count). The highest BCUT2D eigenvalue weighted by atomic mass is 16.4. The normalized spacial score (nSPS) is 22.4. The number of carboxylic acid groups (broad SMARTS) is 1. The summed E-state index contributed by atoms with van der Waals surface area (Å²) in [6.45, 7) is 4.91. The maximum absolute atomic E-state index is 11.7. The van der Waals surface area contributed by atoms with Gasteiger partial charge in [0, 0.05) is 24.6 Å². The first kappa shape index (κ1) is 12.7. The van der Waals surface area contributed by atoms with Gasteiger partial charge in [0.15, 0.2) is 0 Å². The second-order valence-electron chi connectivity index (χ2n) is 4.22. The minimum atomic E-state index is -0.889. The monoisotopic (exact) mass is 225 g/mol. The van der Waals surface area contributed by atoms with Gasteiger partial charge in [-0.15, -0.1) is 0 Å². The van der Waals surface area contributed by atoms with Crippen LogP contribution in [0, 0.1) is 5.92 Å². The Labute approximate surface area is 95.9 Å². The third-order valence-corrected chi connectivity index (χ3v) is 3.01. The van der Waals surface area contributed by atoms with Crippen LogP contribution in [0.3, 0.4) is 0 Å². The van der Waals surface area contributed by atoms with Crippen molar-refractivity contribution in [2.24, 2.45) is 5.92 Å². The molecule has 90 valence electrons. The van der Waals surface area contributed by atoms with Gasteiger partial charge < -0.3 is 10.0 Å². The molecule has 1 aliphatic rings. The highest BCUT2D eigenvalue weighted by molar-refractivity contribution is 5.86. The molecule has 0 radical (unpaired) electrons. The van der Waals surface area contributed by atoms with Crippen molar-refractivity contribution in [3.8, 4) is 0 Å². The first-order chi connectivity index (χ1) is 7.56. The van der Waals surface area contributed by atoms with Crippen LogP contribution in [-0.2, 0) is 9.59 Å². The summed E-state index contributed by atoms with van der Waals surface area (Å²) in [5, 5.41) is 8.85. The molecule has 1 N–H and O–H groups in total. The van der Waals surface area contributed by atoms with Crippen molar-refractivity contribution in [3.63, 3.8) is 0 Å². The first-order valence-corrected chi connectivity index (χ1v) is 5.77. The Hall–Kier alpha value is -1.32. The van der Waals surface area contributed by atoms with E-state index in [0.29, 0.717) is 18.5 Å². The van der Waals surface area contributed by atoms with E-state index in [4.69, 9.17) is 5.11 Å². The molecule has 1 saturated heterocycles. The number of carbonyl (C=O) groups is 2. The SMILES string of the molecule is CCC(=CCN1CCCC(C)C1=O)C(=O)O. The van der Waals surface area contributed by atoms with Crippen LogP contribution in [0.1, 0.15) is 33.1 Å². The van der Waals surface area contributed by atoms with Gasteiger partial charge >= 0.3 is 5.97 Å². The van der Waals surface area contributed by atoms with E-state index in [2.05, 4.69) is 0 Å². The van der Waals surface area contributed by atoms with Crippen LogP contribution < -0.4 is 0 Å². The molecule has 0 aromatic carbocycles. The van der Waals surface area contributed by atoms with E-state index in [1.54, 1.807) is 17.9 Å². The van der Waals surface area contributed by atoms with Crippen molar-refractivity contribution in [2.45, 2.75) is 33.1 Å². The summed E-state index contributed by atoms with van der Waals surface area (Å²) < 4.78 is 0. The molecule has 4 heteroatoms. The summed E-state index contributed by atoms with van der Waals surface area (Å²) in [5.74, 6) is -0.666. The lowest BCUT2D eigenvalue weighted by Crippen LogP contribution is -2.40. The summed E-state index contributed by atoms with van der Waals surface area (Å²) in [6, 6.07) is 0. The number of hydrogen-bond donors (Lipinski definition) is 1. The molecular weight excluding hydrogens is 206 g/mol. The number of likely N-dealkylation sites (tertiary alicyclic amines) is 1. The maximum Gasteiger partial charge on any atom is 0.331 e. The van der Waals surface area contributed by atoms with E-state index >= 15 is 0 Å². The van der Waals surface area contributed by atoms with Crippen molar-refractivity contribution in [2.75, 3.05) is 13.1 Å². The lowest BCUT2D eigenvalue weighted by molar-refractivity contribution is -0.137. The van der Waals surface area contributed by atoms with E-state index in [-0.39, 0.29) is 11.8 Å². The fraction of sp³-hybridized carbons (Fsp3) is 0.667. The van der Waals surface area contributed by atoms with Gasteiger partial charge in [0.1, 0.15) is 0 Å². The van der Waals surface area contributed by atoms with Gasteiger partial charge in [-0.05, 0) is 19.3 Å². The summed E-state index contributed by atoms with van der Waals surface area (Å²) in [5.41, 5.74) is 0.381. The van der Waals surface area contributed by atoms with E-state index in [0.717, 1.165) is 19.4 Å². The molecule has 1 aliphatic heterocycles. The third-order valence-electron chi connectivity index (χ3n) is 3.01. The number of piperidine rings is 1. The largest absolute Gasteiger partial charge is 0.478 e. The molecule has 1 amide bonds. The van der Waals surface area contributed by atoms with Crippen LogP contribution in [0.4, 0.5) is 0 Å². The maximum atomic E-state index is 11.7. The van der Waals surface area contributed by atoms with Gasteiger partial charge in [0.25, 0.3) is 0 Å². The fourth-order valence-corrected chi connectivity index (χ4v) is 1.92. The summed E-state index contributed by atoms with van der Waals surface area (Å²) >= 11 is 0. The average molecular weight is 225 g/mol. The molecule has 1 heterocycles. The quantitative estimate of drug-likeness (QED) is 0.740. The predicted molar refractivity (Wildman–Crippen MR) is 61.0 cm³/mol. The van der Waals surface area contributed by atoms with Crippen molar-refractivity contribution < 1.29 is 14.7 Å². The van der Waals surface area contributed by atoms with Crippen molar-refractivity contribution in [1.82, 2.24) is 4.90 Å². The van der Waals surface area contributed by atoms with Gasteiger partial charge in [-0.1, -0.05) is 19.9 Å². The number of carboxylic acids is 1. The minimum absolute atomic E-state index is 0.0806. The van der Waals surface area contributed by atoms with Crippen LogP contribution in [0.15, 0.2) is 11.6 Å². The molecule has 0 bridgehead atoms. The zero-order valence-corrected chi connectivity index (χ0v) is 9.90. The van der Waals surface area contributed by atoms with Gasteiger partial charge in [0.05, 0.1) is 0 Å². The highest BCUT2D eigenvalue weighted by Crippen LogP contribution is 2.17. The number of amides is 1. The first-order valence-electron chi connectivity index (χ1n) is 5.77. The lowest BCUT2D eigenvalue weighted by atomic mass is 9.99. The van der Waals surface area contributed by atoms with E-state index in [9.17, 15) is 9.59 Å². The van der Waals surface area contributed by atoms with Gasteiger partial charge in [-0.3, -0.25) is 4.79 Å². The number of aliphatic carboxylic acids is 1.